The van der Waals surface area contributed by atoms with Crippen LogP contribution in [0.3, 0.4) is 0 Å². The van der Waals surface area contributed by atoms with Crippen LogP contribution in [0.5, 0.6) is 0 Å². The number of aromatic amines is 1. The number of hydrogen-bond donors (Lipinski definition) is 1. The zero-order valence-electron chi connectivity index (χ0n) is 18.1. The molecular formula is C26H31ClN2. The van der Waals surface area contributed by atoms with Gasteiger partial charge in [0.05, 0.1) is 16.7 Å². The van der Waals surface area contributed by atoms with E-state index in [-0.39, 0.29) is 28.2 Å². The molecule has 0 radical (unpaired) electrons. The minimum absolute atomic E-state index is 0.0620. The van der Waals surface area contributed by atoms with Crippen molar-refractivity contribution in [2.24, 2.45) is 11.3 Å². The van der Waals surface area contributed by atoms with Gasteiger partial charge in [0.15, 0.2) is 0 Å². The molecule has 0 amide bonds. The number of halogens is 1. The first-order chi connectivity index (χ1) is 13.5. The molecule has 0 aliphatic heterocycles. The lowest BCUT2D eigenvalue weighted by Crippen LogP contribution is -2.54. The highest BCUT2D eigenvalue weighted by Gasteiger charge is 2.61. The molecule has 2 aliphatic rings. The molecule has 1 aromatic heterocycles. The van der Waals surface area contributed by atoms with Gasteiger partial charge in [0.1, 0.15) is 0 Å². The van der Waals surface area contributed by atoms with Gasteiger partial charge in [-0.2, -0.15) is 0 Å². The molecule has 1 heterocycles. The van der Waals surface area contributed by atoms with E-state index < -0.39 is 5.41 Å². The first-order valence-corrected chi connectivity index (χ1v) is 10.9. The largest absolute Gasteiger partial charge is 0.357 e. The highest BCUT2D eigenvalue weighted by atomic mass is 35.5. The van der Waals surface area contributed by atoms with Crippen LogP contribution in [0.25, 0.3) is 15.7 Å². The number of allylic oxidation sites excluding steroid dienone is 1. The number of aromatic nitrogens is 1. The summed E-state index contributed by atoms with van der Waals surface area (Å²) in [5.74, 6) is 0.406. The molecule has 2 aromatic rings. The van der Waals surface area contributed by atoms with Gasteiger partial charge >= 0.3 is 0 Å². The smallest absolute Gasteiger partial charge is 0.240 e. The maximum Gasteiger partial charge on any atom is 0.240 e. The van der Waals surface area contributed by atoms with E-state index in [2.05, 4.69) is 75.8 Å². The molecule has 0 saturated heterocycles. The Kier molecular flexibility index (Phi) is 4.38. The first-order valence-electron chi connectivity index (χ1n) is 10.5. The van der Waals surface area contributed by atoms with E-state index in [4.69, 9.17) is 18.2 Å². The van der Waals surface area contributed by atoms with Crippen LogP contribution in [0.4, 0.5) is 0 Å². The molecule has 5 atom stereocenters. The van der Waals surface area contributed by atoms with Crippen LogP contribution in [0.1, 0.15) is 63.8 Å². The SMILES string of the molecule is [C-]#[N+][C@@H]1[C@@H]2c3c(C(C)(C)C=C)[nH]c4cccc(c34)C(C)(C)[C@H]2C[C@@H](Cl)[C@]1(C)C=C. The fraction of sp³-hybridized carbons (Fsp3) is 0.500. The third kappa shape index (κ3) is 2.47. The van der Waals surface area contributed by atoms with Gasteiger partial charge in [-0.05, 0) is 41.9 Å². The summed E-state index contributed by atoms with van der Waals surface area (Å²) >= 11 is 6.97. The predicted molar refractivity (Wildman–Crippen MR) is 124 cm³/mol. The van der Waals surface area contributed by atoms with Crippen molar-refractivity contribution >= 4 is 22.5 Å². The Morgan fingerprint density at radius 1 is 1.28 bits per heavy atom. The van der Waals surface area contributed by atoms with Crippen LogP contribution >= 0.6 is 11.6 Å². The van der Waals surface area contributed by atoms with E-state index in [1.807, 2.05) is 12.2 Å². The Hall–Kier alpha value is -1.98. The highest BCUT2D eigenvalue weighted by Crippen LogP contribution is 2.62. The Bertz CT molecular complexity index is 1050. The van der Waals surface area contributed by atoms with Gasteiger partial charge in [-0.1, -0.05) is 52.0 Å². The Labute approximate surface area is 179 Å². The second kappa shape index (κ2) is 6.26. The number of alkyl halides is 1. The van der Waals surface area contributed by atoms with Gasteiger partial charge in [-0.25, -0.2) is 6.57 Å². The highest BCUT2D eigenvalue weighted by molar-refractivity contribution is 6.21. The molecular weight excluding hydrogens is 376 g/mol. The lowest BCUT2D eigenvalue weighted by molar-refractivity contribution is 0.123. The Balaban J connectivity index is 2.13. The summed E-state index contributed by atoms with van der Waals surface area (Å²) in [5, 5.41) is 1.20. The Morgan fingerprint density at radius 2 is 1.97 bits per heavy atom. The predicted octanol–water partition coefficient (Wildman–Crippen LogP) is 7.11. The van der Waals surface area contributed by atoms with E-state index in [1.54, 1.807) is 0 Å². The lowest BCUT2D eigenvalue weighted by atomic mass is 9.50. The van der Waals surface area contributed by atoms with E-state index in [0.29, 0.717) is 5.92 Å². The van der Waals surface area contributed by atoms with Gasteiger partial charge < -0.3 is 9.83 Å². The second-order valence-electron chi connectivity index (χ2n) is 10.3. The van der Waals surface area contributed by atoms with Crippen LogP contribution in [-0.2, 0) is 10.8 Å². The van der Waals surface area contributed by atoms with Gasteiger partial charge in [0, 0.05) is 22.0 Å². The number of benzene rings is 1. The molecule has 152 valence electrons. The third-order valence-corrected chi connectivity index (χ3v) is 8.75. The fourth-order valence-electron chi connectivity index (χ4n) is 5.94. The number of rotatable bonds is 3. The van der Waals surface area contributed by atoms with Crippen molar-refractivity contribution in [2.45, 2.75) is 69.2 Å². The molecule has 2 aliphatic carbocycles. The summed E-state index contributed by atoms with van der Waals surface area (Å²) in [4.78, 5) is 7.94. The van der Waals surface area contributed by atoms with Crippen molar-refractivity contribution in [2.75, 3.05) is 0 Å². The molecule has 0 unspecified atom stereocenters. The minimum atomic E-state index is -0.425. The number of nitrogens with zero attached hydrogens (tertiary/aromatic N) is 1. The molecule has 2 nitrogen and oxygen atoms in total. The van der Waals surface area contributed by atoms with Crippen molar-refractivity contribution in [3.05, 3.63) is 71.7 Å². The monoisotopic (exact) mass is 406 g/mol. The summed E-state index contributed by atoms with van der Waals surface area (Å²) in [6.07, 6.45) is 4.82. The molecule has 29 heavy (non-hydrogen) atoms. The first kappa shape index (κ1) is 20.3. The van der Waals surface area contributed by atoms with Crippen molar-refractivity contribution in [1.29, 1.82) is 0 Å². The van der Waals surface area contributed by atoms with Crippen molar-refractivity contribution in [3.8, 4) is 0 Å². The second-order valence-corrected chi connectivity index (χ2v) is 10.8. The van der Waals surface area contributed by atoms with Crippen LogP contribution in [0.2, 0.25) is 0 Å². The average molecular weight is 407 g/mol. The van der Waals surface area contributed by atoms with Crippen molar-refractivity contribution in [1.82, 2.24) is 4.98 Å². The molecule has 4 rings (SSSR count). The van der Waals surface area contributed by atoms with Crippen LogP contribution in [-0.4, -0.2) is 16.4 Å². The van der Waals surface area contributed by atoms with E-state index in [1.165, 1.54) is 22.2 Å². The quantitative estimate of drug-likeness (QED) is 0.318. The molecule has 3 heteroatoms. The maximum atomic E-state index is 8.19. The normalized spacial score (nSPS) is 33.0. The Morgan fingerprint density at radius 3 is 2.55 bits per heavy atom. The van der Waals surface area contributed by atoms with E-state index >= 15 is 0 Å². The fourth-order valence-corrected chi connectivity index (χ4v) is 6.35. The van der Waals surface area contributed by atoms with E-state index in [0.717, 1.165) is 11.9 Å². The number of fused-ring (bicyclic) bond motifs is 2. The molecule has 1 saturated carbocycles. The van der Waals surface area contributed by atoms with Crippen LogP contribution in [0.15, 0.2) is 43.5 Å². The molecule has 1 aromatic carbocycles. The third-order valence-electron chi connectivity index (χ3n) is 8.10. The standard InChI is InChI=1S/C26H31ClN2/c1-9-24(3,4)22-21-19-15(12-11-13-17(19)29-22)25(5,6)16-14-18(27)26(7,10-2)23(28-8)20(16)21/h9-13,16,18,20,23,29H,1-2,14H2,3-7H3/t16-,18+,20-,23+,26-/m0/s1. The molecule has 0 bridgehead atoms. The van der Waals surface area contributed by atoms with Crippen molar-refractivity contribution in [3.63, 3.8) is 0 Å². The van der Waals surface area contributed by atoms with Gasteiger partial charge in [0.25, 0.3) is 0 Å². The topological polar surface area (TPSA) is 20.1 Å². The summed E-state index contributed by atoms with van der Waals surface area (Å²) in [6, 6.07) is 6.32. The lowest BCUT2D eigenvalue weighted by Gasteiger charge is -2.53. The van der Waals surface area contributed by atoms with Crippen molar-refractivity contribution < 1.29 is 0 Å². The van der Waals surface area contributed by atoms with Gasteiger partial charge in [-0.3, -0.25) is 0 Å². The van der Waals surface area contributed by atoms with Gasteiger partial charge in [0.2, 0.25) is 6.04 Å². The summed E-state index contributed by atoms with van der Waals surface area (Å²) in [6.45, 7) is 27.6. The van der Waals surface area contributed by atoms with Crippen LogP contribution in [0, 0.1) is 17.9 Å². The average Bonchev–Trinajstić information content (AvgIpc) is 3.08. The molecule has 1 fully saturated rings. The number of hydrogen-bond acceptors (Lipinski definition) is 0. The number of H-pyrrole nitrogens is 1. The molecule has 0 spiro atoms. The summed E-state index contributed by atoms with van der Waals surface area (Å²) in [5.41, 5.74) is 4.32. The maximum absolute atomic E-state index is 8.19. The molecule has 1 N–H and O–H groups in total. The zero-order valence-corrected chi connectivity index (χ0v) is 18.9. The summed E-state index contributed by atoms with van der Waals surface area (Å²) < 4.78 is 0. The van der Waals surface area contributed by atoms with E-state index in [9.17, 15) is 0 Å². The minimum Gasteiger partial charge on any atom is -0.357 e. The zero-order chi connectivity index (χ0) is 21.4. The van der Waals surface area contributed by atoms with Gasteiger partial charge in [-0.15, -0.1) is 24.8 Å². The number of nitrogens with one attached hydrogen (secondary N) is 1. The summed E-state index contributed by atoms with van der Waals surface area (Å²) in [7, 11) is 0. The van der Waals surface area contributed by atoms with Crippen LogP contribution < -0.4 is 0 Å².